The monoisotopic (exact) mass is 482 g/mol. The SMILES string of the molecule is CSc1ccc(CNC(=O)c2cc(-c3ccc(C)cc3)nc3n[nH]c(-c4ccc(F)cc4)c23)cc1. The number of H-pyrrole nitrogens is 1. The highest BCUT2D eigenvalue weighted by molar-refractivity contribution is 7.98. The van der Waals surface area contributed by atoms with Crippen molar-refractivity contribution in [2.75, 3.05) is 6.26 Å². The molecule has 3 aromatic carbocycles. The van der Waals surface area contributed by atoms with Crippen molar-refractivity contribution in [1.29, 1.82) is 0 Å². The first-order chi connectivity index (χ1) is 17.0. The van der Waals surface area contributed by atoms with E-state index in [1.165, 1.54) is 17.0 Å². The largest absolute Gasteiger partial charge is 0.348 e. The van der Waals surface area contributed by atoms with Crippen molar-refractivity contribution in [2.45, 2.75) is 18.4 Å². The lowest BCUT2D eigenvalue weighted by molar-refractivity contribution is 0.0952. The predicted molar refractivity (Wildman–Crippen MR) is 139 cm³/mol. The zero-order valence-electron chi connectivity index (χ0n) is 19.3. The maximum Gasteiger partial charge on any atom is 0.252 e. The zero-order valence-corrected chi connectivity index (χ0v) is 20.1. The van der Waals surface area contributed by atoms with Gasteiger partial charge in [-0.25, -0.2) is 9.37 Å². The molecular weight excluding hydrogens is 459 g/mol. The second-order valence-electron chi connectivity index (χ2n) is 8.26. The molecule has 5 aromatic rings. The number of carbonyl (C=O) groups is 1. The summed E-state index contributed by atoms with van der Waals surface area (Å²) in [6.45, 7) is 2.41. The summed E-state index contributed by atoms with van der Waals surface area (Å²) in [6.07, 6.45) is 2.03. The zero-order chi connectivity index (χ0) is 24.4. The van der Waals surface area contributed by atoms with Crippen LogP contribution >= 0.6 is 11.8 Å². The number of nitrogens with one attached hydrogen (secondary N) is 2. The van der Waals surface area contributed by atoms with E-state index in [1.807, 2.05) is 61.7 Å². The molecule has 7 heteroatoms. The van der Waals surface area contributed by atoms with Gasteiger partial charge in [0.05, 0.1) is 22.3 Å². The molecule has 0 spiro atoms. The number of carbonyl (C=O) groups excluding carboxylic acids is 1. The van der Waals surface area contributed by atoms with Gasteiger partial charge in [0.2, 0.25) is 0 Å². The summed E-state index contributed by atoms with van der Waals surface area (Å²) in [5.74, 6) is -0.563. The Morgan fingerprint density at radius 3 is 2.34 bits per heavy atom. The lowest BCUT2D eigenvalue weighted by Crippen LogP contribution is -2.23. The number of nitrogens with zero attached hydrogens (tertiary/aromatic N) is 2. The van der Waals surface area contributed by atoms with Crippen LogP contribution in [0.15, 0.2) is 83.8 Å². The summed E-state index contributed by atoms with van der Waals surface area (Å²) in [6, 6.07) is 23.9. The molecule has 0 aliphatic rings. The number of aromatic nitrogens is 3. The lowest BCUT2D eigenvalue weighted by Gasteiger charge is -2.10. The standard InChI is InChI=1S/C28H23FN4OS/c1-17-3-7-19(8-4-17)24-15-23(28(34)30-16-18-5-13-22(35-2)14-6-18)25-26(32-33-27(25)31-24)20-9-11-21(29)12-10-20/h3-15H,16H2,1-2H3,(H,30,34)(H,31,32,33). The molecule has 0 aliphatic carbocycles. The minimum Gasteiger partial charge on any atom is -0.348 e. The molecule has 0 fully saturated rings. The van der Waals surface area contributed by atoms with E-state index in [9.17, 15) is 9.18 Å². The van der Waals surface area contributed by atoms with Gasteiger partial charge in [-0.05, 0) is 61.2 Å². The third kappa shape index (κ3) is 4.81. The number of pyridine rings is 1. The number of rotatable bonds is 6. The summed E-state index contributed by atoms with van der Waals surface area (Å²) in [5, 5.41) is 11.0. The molecule has 0 radical (unpaired) electrons. The fraction of sp³-hybridized carbons (Fsp3) is 0.107. The maximum atomic E-state index is 13.5. The Morgan fingerprint density at radius 1 is 0.971 bits per heavy atom. The highest BCUT2D eigenvalue weighted by Crippen LogP contribution is 2.31. The number of aromatic amines is 1. The Labute approximate surface area is 206 Å². The van der Waals surface area contributed by atoms with Crippen molar-refractivity contribution in [1.82, 2.24) is 20.5 Å². The summed E-state index contributed by atoms with van der Waals surface area (Å²) in [5.41, 5.74) is 5.92. The van der Waals surface area contributed by atoms with Gasteiger partial charge in [-0.3, -0.25) is 9.89 Å². The number of hydrogen-bond donors (Lipinski definition) is 2. The first-order valence-electron chi connectivity index (χ1n) is 11.1. The average Bonchev–Trinajstić information content (AvgIpc) is 3.32. The maximum absolute atomic E-state index is 13.5. The lowest BCUT2D eigenvalue weighted by atomic mass is 10.0. The van der Waals surface area contributed by atoms with Crippen LogP contribution < -0.4 is 5.32 Å². The Bertz CT molecular complexity index is 1490. The van der Waals surface area contributed by atoms with Crippen molar-refractivity contribution in [3.05, 3.63) is 101 Å². The van der Waals surface area contributed by atoms with Crippen LogP contribution in [-0.4, -0.2) is 27.3 Å². The Kier molecular flexibility index (Phi) is 6.33. The summed E-state index contributed by atoms with van der Waals surface area (Å²) in [4.78, 5) is 19.4. The van der Waals surface area contributed by atoms with Crippen LogP contribution in [0.3, 0.4) is 0 Å². The van der Waals surface area contributed by atoms with Gasteiger partial charge in [-0.1, -0.05) is 42.0 Å². The Hall–Kier alpha value is -3.97. The molecule has 0 aliphatic heterocycles. The predicted octanol–water partition coefficient (Wildman–Crippen LogP) is 6.39. The van der Waals surface area contributed by atoms with Crippen molar-refractivity contribution in [2.24, 2.45) is 0 Å². The molecule has 0 saturated carbocycles. The third-order valence-corrected chi connectivity index (χ3v) is 6.60. The molecular formula is C28H23FN4OS. The van der Waals surface area contributed by atoms with E-state index >= 15 is 0 Å². The molecule has 2 heterocycles. The average molecular weight is 483 g/mol. The topological polar surface area (TPSA) is 70.7 Å². The van der Waals surface area contributed by atoms with Crippen LogP contribution in [-0.2, 0) is 6.54 Å². The first kappa shape index (κ1) is 22.8. The van der Waals surface area contributed by atoms with E-state index < -0.39 is 0 Å². The third-order valence-electron chi connectivity index (χ3n) is 5.86. The smallest absolute Gasteiger partial charge is 0.252 e. The van der Waals surface area contributed by atoms with Crippen molar-refractivity contribution < 1.29 is 9.18 Å². The van der Waals surface area contributed by atoms with E-state index in [0.29, 0.717) is 34.5 Å². The normalized spacial score (nSPS) is 11.1. The van der Waals surface area contributed by atoms with Gasteiger partial charge in [-0.2, -0.15) is 5.10 Å². The van der Waals surface area contributed by atoms with Crippen molar-refractivity contribution in [3.63, 3.8) is 0 Å². The van der Waals surface area contributed by atoms with Gasteiger partial charge in [0.15, 0.2) is 5.65 Å². The highest BCUT2D eigenvalue weighted by Gasteiger charge is 2.20. The fourth-order valence-corrected chi connectivity index (χ4v) is 4.33. The molecule has 2 N–H and O–H groups in total. The number of thioether (sulfide) groups is 1. The van der Waals surface area contributed by atoms with Crippen LogP contribution in [0.5, 0.6) is 0 Å². The molecule has 5 rings (SSSR count). The van der Waals surface area contributed by atoms with E-state index in [-0.39, 0.29) is 11.7 Å². The highest BCUT2D eigenvalue weighted by atomic mass is 32.2. The molecule has 1 amide bonds. The number of amides is 1. The summed E-state index contributed by atoms with van der Waals surface area (Å²) < 4.78 is 13.5. The minimum atomic E-state index is -0.331. The molecule has 2 aromatic heterocycles. The number of benzene rings is 3. The van der Waals surface area contributed by atoms with Gasteiger partial charge in [0, 0.05) is 22.6 Å². The van der Waals surface area contributed by atoms with E-state index in [1.54, 1.807) is 30.0 Å². The molecule has 0 unspecified atom stereocenters. The molecule has 0 saturated heterocycles. The van der Waals surface area contributed by atoms with Crippen LogP contribution in [0.4, 0.5) is 4.39 Å². The number of aryl methyl sites for hydroxylation is 1. The van der Waals surface area contributed by atoms with Crippen molar-refractivity contribution >= 4 is 28.7 Å². The quantitative estimate of drug-likeness (QED) is 0.275. The van der Waals surface area contributed by atoms with Crippen LogP contribution in [0.2, 0.25) is 0 Å². The van der Waals surface area contributed by atoms with Gasteiger partial charge in [0.1, 0.15) is 5.82 Å². The minimum absolute atomic E-state index is 0.232. The Morgan fingerprint density at radius 2 is 1.66 bits per heavy atom. The molecule has 0 atom stereocenters. The van der Waals surface area contributed by atoms with E-state index in [2.05, 4.69) is 15.5 Å². The molecule has 0 bridgehead atoms. The number of hydrogen-bond acceptors (Lipinski definition) is 4. The second kappa shape index (κ2) is 9.72. The van der Waals surface area contributed by atoms with Crippen LogP contribution in [0, 0.1) is 12.7 Å². The van der Waals surface area contributed by atoms with Gasteiger partial charge in [-0.15, -0.1) is 11.8 Å². The first-order valence-corrected chi connectivity index (χ1v) is 12.4. The van der Waals surface area contributed by atoms with Gasteiger partial charge in [0.25, 0.3) is 5.91 Å². The number of fused-ring (bicyclic) bond motifs is 1. The fourth-order valence-electron chi connectivity index (χ4n) is 3.92. The van der Waals surface area contributed by atoms with Crippen molar-refractivity contribution in [3.8, 4) is 22.5 Å². The number of halogens is 1. The van der Waals surface area contributed by atoms with E-state index in [0.717, 1.165) is 22.3 Å². The molecule has 35 heavy (non-hydrogen) atoms. The van der Waals surface area contributed by atoms with Gasteiger partial charge >= 0.3 is 0 Å². The van der Waals surface area contributed by atoms with E-state index in [4.69, 9.17) is 4.98 Å². The second-order valence-corrected chi connectivity index (χ2v) is 9.14. The summed E-state index contributed by atoms with van der Waals surface area (Å²) >= 11 is 1.67. The van der Waals surface area contributed by atoms with Gasteiger partial charge < -0.3 is 5.32 Å². The Balaban J connectivity index is 1.57. The van der Waals surface area contributed by atoms with Crippen LogP contribution in [0.1, 0.15) is 21.5 Å². The molecule has 174 valence electrons. The van der Waals surface area contributed by atoms with Crippen LogP contribution in [0.25, 0.3) is 33.5 Å². The molecule has 5 nitrogen and oxygen atoms in total. The summed E-state index contributed by atoms with van der Waals surface area (Å²) in [7, 11) is 0.